The van der Waals surface area contributed by atoms with E-state index in [4.69, 9.17) is 16.2 Å². The summed E-state index contributed by atoms with van der Waals surface area (Å²) in [7, 11) is 0. The molecule has 0 radical (unpaired) electrons. The molecule has 0 aliphatic rings. The van der Waals surface area contributed by atoms with Gasteiger partial charge < -0.3 is 21.3 Å². The van der Waals surface area contributed by atoms with Crippen LogP contribution in [0.4, 0.5) is 0 Å². The molecule has 1 atom stereocenters. The number of hydrogen-bond donors (Lipinski definition) is 3. The summed E-state index contributed by atoms with van der Waals surface area (Å²) >= 11 is 0. The highest BCUT2D eigenvalue weighted by Gasteiger charge is 2.09. The van der Waals surface area contributed by atoms with Crippen LogP contribution in [-0.2, 0) is 13.1 Å². The highest BCUT2D eigenvalue weighted by atomic mass is 16.5. The van der Waals surface area contributed by atoms with Crippen LogP contribution in [0.15, 0.2) is 36.7 Å². The molecule has 0 fully saturated rings. The molecule has 5 N–H and O–H groups in total. The van der Waals surface area contributed by atoms with E-state index in [-0.39, 0.29) is 13.2 Å². The molecule has 1 aromatic carbocycles. The highest BCUT2D eigenvalue weighted by molar-refractivity contribution is 5.92. The molecule has 112 valence electrons. The smallest absolute Gasteiger partial charge is 0.251 e. The summed E-state index contributed by atoms with van der Waals surface area (Å²) in [6, 6.07) is 7.34. The fourth-order valence-corrected chi connectivity index (χ4v) is 1.77. The van der Waals surface area contributed by atoms with E-state index in [2.05, 4.69) is 5.10 Å². The maximum absolute atomic E-state index is 10.9. The molecule has 0 spiro atoms. The molecule has 0 aliphatic carbocycles. The Labute approximate surface area is 122 Å². The van der Waals surface area contributed by atoms with Crippen molar-refractivity contribution in [2.75, 3.05) is 6.61 Å². The van der Waals surface area contributed by atoms with Gasteiger partial charge in [-0.1, -0.05) is 12.1 Å². The van der Waals surface area contributed by atoms with Gasteiger partial charge in [-0.25, -0.2) is 0 Å². The number of ether oxygens (including phenoxy) is 1. The van der Waals surface area contributed by atoms with Crippen molar-refractivity contribution < 1.29 is 14.6 Å². The van der Waals surface area contributed by atoms with E-state index in [9.17, 15) is 9.90 Å². The van der Waals surface area contributed by atoms with Gasteiger partial charge in [0.15, 0.2) is 0 Å². The zero-order valence-electron chi connectivity index (χ0n) is 11.5. The predicted molar refractivity (Wildman–Crippen MR) is 76.6 cm³/mol. The normalized spacial score (nSPS) is 12.1. The summed E-state index contributed by atoms with van der Waals surface area (Å²) in [5.74, 6) is 0.108. The van der Waals surface area contributed by atoms with Crippen molar-refractivity contribution >= 4 is 5.91 Å². The zero-order valence-corrected chi connectivity index (χ0v) is 11.5. The van der Waals surface area contributed by atoms with E-state index < -0.39 is 12.0 Å². The number of carbonyl (C=O) groups is 1. The van der Waals surface area contributed by atoms with Crippen molar-refractivity contribution in [2.45, 2.75) is 19.2 Å². The molecule has 21 heavy (non-hydrogen) atoms. The second kappa shape index (κ2) is 6.87. The highest BCUT2D eigenvalue weighted by Crippen LogP contribution is 2.12. The van der Waals surface area contributed by atoms with Gasteiger partial charge in [-0.05, 0) is 17.7 Å². The van der Waals surface area contributed by atoms with Crippen LogP contribution < -0.4 is 16.2 Å². The number of primary amides is 1. The summed E-state index contributed by atoms with van der Waals surface area (Å²) in [6.45, 7) is 0.812. The van der Waals surface area contributed by atoms with Crippen LogP contribution in [0.5, 0.6) is 5.75 Å². The first-order chi connectivity index (χ1) is 10.1. The largest absolute Gasteiger partial charge is 0.491 e. The topological polar surface area (TPSA) is 116 Å². The first-order valence-corrected chi connectivity index (χ1v) is 6.50. The van der Waals surface area contributed by atoms with E-state index in [1.807, 2.05) is 12.1 Å². The van der Waals surface area contributed by atoms with Crippen LogP contribution in [0, 0.1) is 0 Å². The van der Waals surface area contributed by atoms with Crippen molar-refractivity contribution in [1.82, 2.24) is 9.78 Å². The number of benzene rings is 1. The SMILES string of the molecule is NCc1ccc(OCC(O)Cn2cc(C(N)=O)cn2)cc1. The van der Waals surface area contributed by atoms with Crippen molar-refractivity contribution in [3.63, 3.8) is 0 Å². The Balaban J connectivity index is 1.83. The summed E-state index contributed by atoms with van der Waals surface area (Å²) in [4.78, 5) is 10.9. The molecular weight excluding hydrogens is 272 g/mol. The Morgan fingerprint density at radius 2 is 2.10 bits per heavy atom. The lowest BCUT2D eigenvalue weighted by Crippen LogP contribution is -2.24. The van der Waals surface area contributed by atoms with E-state index in [1.54, 1.807) is 12.1 Å². The minimum atomic E-state index is -0.750. The van der Waals surface area contributed by atoms with Gasteiger partial charge >= 0.3 is 0 Å². The van der Waals surface area contributed by atoms with Gasteiger partial charge in [-0.3, -0.25) is 9.48 Å². The number of carbonyl (C=O) groups excluding carboxylic acids is 1. The predicted octanol–water partition coefficient (Wildman–Crippen LogP) is -0.119. The Morgan fingerprint density at radius 3 is 2.67 bits per heavy atom. The molecule has 2 aromatic rings. The molecule has 1 aromatic heterocycles. The van der Waals surface area contributed by atoms with E-state index in [0.29, 0.717) is 17.9 Å². The second-order valence-electron chi connectivity index (χ2n) is 4.63. The number of nitrogens with zero attached hydrogens (tertiary/aromatic N) is 2. The van der Waals surface area contributed by atoms with Crippen LogP contribution in [0.25, 0.3) is 0 Å². The third-order valence-electron chi connectivity index (χ3n) is 2.92. The Bertz CT molecular complexity index is 595. The number of aromatic nitrogens is 2. The lowest BCUT2D eigenvalue weighted by molar-refractivity contribution is 0.0891. The molecule has 7 nitrogen and oxygen atoms in total. The van der Waals surface area contributed by atoms with Gasteiger partial charge in [0.2, 0.25) is 0 Å². The van der Waals surface area contributed by atoms with Crippen LogP contribution in [-0.4, -0.2) is 33.5 Å². The monoisotopic (exact) mass is 290 g/mol. The summed E-state index contributed by atoms with van der Waals surface area (Å²) in [6.07, 6.45) is 2.10. The molecule has 2 rings (SSSR count). The van der Waals surface area contributed by atoms with E-state index >= 15 is 0 Å². The number of aliphatic hydroxyl groups excluding tert-OH is 1. The maximum Gasteiger partial charge on any atom is 0.251 e. The number of hydrogen-bond acceptors (Lipinski definition) is 5. The van der Waals surface area contributed by atoms with E-state index in [1.165, 1.54) is 17.1 Å². The van der Waals surface area contributed by atoms with Crippen LogP contribution in [0.3, 0.4) is 0 Å². The molecular formula is C14H18N4O3. The first-order valence-electron chi connectivity index (χ1n) is 6.50. The van der Waals surface area contributed by atoms with Crippen molar-refractivity contribution in [3.05, 3.63) is 47.8 Å². The van der Waals surface area contributed by atoms with Gasteiger partial charge in [-0.2, -0.15) is 5.10 Å². The van der Waals surface area contributed by atoms with Gasteiger partial charge in [0.05, 0.1) is 18.3 Å². The second-order valence-corrected chi connectivity index (χ2v) is 4.63. The van der Waals surface area contributed by atoms with Crippen molar-refractivity contribution in [3.8, 4) is 5.75 Å². The Kier molecular flexibility index (Phi) is 4.91. The lowest BCUT2D eigenvalue weighted by atomic mass is 10.2. The summed E-state index contributed by atoms with van der Waals surface area (Å²) in [5.41, 5.74) is 12.0. The molecule has 7 heteroatoms. The molecule has 1 unspecified atom stereocenters. The van der Waals surface area contributed by atoms with E-state index in [0.717, 1.165) is 5.56 Å². The maximum atomic E-state index is 10.9. The Hall–Kier alpha value is -2.38. The van der Waals surface area contributed by atoms with Gasteiger partial charge in [0.25, 0.3) is 5.91 Å². The number of aliphatic hydroxyl groups is 1. The quantitative estimate of drug-likeness (QED) is 0.657. The third kappa shape index (κ3) is 4.30. The van der Waals surface area contributed by atoms with Gasteiger partial charge in [-0.15, -0.1) is 0 Å². The minimum absolute atomic E-state index is 0.119. The molecule has 0 saturated heterocycles. The van der Waals surface area contributed by atoms with Crippen molar-refractivity contribution in [2.24, 2.45) is 11.5 Å². The third-order valence-corrected chi connectivity index (χ3v) is 2.92. The molecule has 1 amide bonds. The number of nitrogens with two attached hydrogens (primary N) is 2. The fraction of sp³-hybridized carbons (Fsp3) is 0.286. The average molecular weight is 290 g/mol. The minimum Gasteiger partial charge on any atom is -0.491 e. The molecule has 1 heterocycles. The lowest BCUT2D eigenvalue weighted by Gasteiger charge is -2.12. The van der Waals surface area contributed by atoms with Gasteiger partial charge in [0, 0.05) is 12.7 Å². The standard InChI is InChI=1S/C14H18N4O3/c15-5-10-1-3-13(4-2-10)21-9-12(19)8-18-7-11(6-17-18)14(16)20/h1-4,6-7,12,19H,5,8-9,15H2,(H2,16,20). The molecule has 0 bridgehead atoms. The first kappa shape index (κ1) is 15.0. The zero-order chi connectivity index (χ0) is 15.2. The average Bonchev–Trinajstić information content (AvgIpc) is 2.94. The Morgan fingerprint density at radius 1 is 1.38 bits per heavy atom. The van der Waals surface area contributed by atoms with Gasteiger partial charge in [0.1, 0.15) is 18.5 Å². The van der Waals surface area contributed by atoms with Crippen LogP contribution in [0.2, 0.25) is 0 Å². The fourth-order valence-electron chi connectivity index (χ4n) is 1.77. The molecule has 0 aliphatic heterocycles. The molecule has 0 saturated carbocycles. The number of rotatable bonds is 7. The van der Waals surface area contributed by atoms with Crippen LogP contribution >= 0.6 is 0 Å². The number of amides is 1. The van der Waals surface area contributed by atoms with Crippen LogP contribution in [0.1, 0.15) is 15.9 Å². The van der Waals surface area contributed by atoms with Crippen molar-refractivity contribution in [1.29, 1.82) is 0 Å². The summed E-state index contributed by atoms with van der Waals surface area (Å²) in [5, 5.41) is 13.8. The summed E-state index contributed by atoms with van der Waals surface area (Å²) < 4.78 is 6.92.